The summed E-state index contributed by atoms with van der Waals surface area (Å²) >= 11 is 0. The molecule has 0 aromatic heterocycles. The number of benzene rings is 2. The van der Waals surface area contributed by atoms with Crippen molar-refractivity contribution in [3.05, 3.63) is 65.0 Å². The summed E-state index contributed by atoms with van der Waals surface area (Å²) in [5.74, 6) is -0.862. The Morgan fingerprint density at radius 2 is 1.87 bits per heavy atom. The van der Waals surface area contributed by atoms with Gasteiger partial charge in [0.2, 0.25) is 0 Å². The smallest absolute Gasteiger partial charge is 0.171 e. The van der Waals surface area contributed by atoms with Gasteiger partial charge in [0.15, 0.2) is 5.79 Å². The van der Waals surface area contributed by atoms with Crippen molar-refractivity contribution >= 4 is 0 Å². The largest absolute Gasteiger partial charge is 0.489 e. The van der Waals surface area contributed by atoms with E-state index in [1.54, 1.807) is 6.07 Å². The fourth-order valence-corrected chi connectivity index (χ4v) is 4.71. The first kappa shape index (κ1) is 22.2. The molecule has 2 N–H and O–H groups in total. The van der Waals surface area contributed by atoms with Crippen molar-refractivity contribution in [2.75, 3.05) is 13.2 Å². The number of hydrogen-bond acceptors (Lipinski definition) is 5. The summed E-state index contributed by atoms with van der Waals surface area (Å²) < 4.78 is 32.1. The van der Waals surface area contributed by atoms with Gasteiger partial charge in [-0.2, -0.15) is 0 Å². The van der Waals surface area contributed by atoms with Crippen molar-refractivity contribution < 1.29 is 28.8 Å². The molecule has 2 aliphatic rings. The highest BCUT2D eigenvalue weighted by atomic mass is 19.1. The number of aliphatic hydroxyl groups excluding tert-OH is 1. The minimum Gasteiger partial charge on any atom is -0.489 e. The van der Waals surface area contributed by atoms with Crippen LogP contribution >= 0.6 is 0 Å². The second kappa shape index (κ2) is 8.87. The predicted molar refractivity (Wildman–Crippen MR) is 114 cm³/mol. The third kappa shape index (κ3) is 4.62. The Kier molecular flexibility index (Phi) is 6.35. The van der Waals surface area contributed by atoms with E-state index in [-0.39, 0.29) is 24.6 Å². The van der Waals surface area contributed by atoms with E-state index in [0.717, 1.165) is 11.1 Å². The SMILES string of the molecule is Cc1cc(F)c(CC(C)[C@]2(O)CCC3(C[C@H]2O)OCCO3)cc1OCc1ccccc1. The van der Waals surface area contributed by atoms with Crippen LogP contribution in [0.3, 0.4) is 0 Å². The lowest BCUT2D eigenvalue weighted by molar-refractivity contribution is -0.246. The van der Waals surface area contributed by atoms with E-state index >= 15 is 0 Å². The van der Waals surface area contributed by atoms with Gasteiger partial charge in [-0.3, -0.25) is 0 Å². The molecule has 1 saturated carbocycles. The van der Waals surface area contributed by atoms with Gasteiger partial charge in [-0.1, -0.05) is 37.3 Å². The predicted octanol–water partition coefficient (Wildman–Crippen LogP) is 3.91. The van der Waals surface area contributed by atoms with E-state index in [9.17, 15) is 14.6 Å². The lowest BCUT2D eigenvalue weighted by Crippen LogP contribution is -2.57. The van der Waals surface area contributed by atoms with Crippen molar-refractivity contribution in [1.29, 1.82) is 0 Å². The standard InChI is InChI=1S/C25H31FO5/c1-17-12-21(26)20(14-22(17)29-16-19-6-4-3-5-7-19)13-18(2)25(28)9-8-24(15-23(25)27)30-10-11-31-24/h3-7,12,14,18,23,27-28H,8-11,13,15-16H2,1-2H3/t18?,23-,25-/m1/s1. The quantitative estimate of drug-likeness (QED) is 0.727. The van der Waals surface area contributed by atoms with E-state index in [4.69, 9.17) is 14.2 Å². The lowest BCUT2D eigenvalue weighted by Gasteiger charge is -2.47. The van der Waals surface area contributed by atoms with E-state index in [1.807, 2.05) is 44.2 Å². The van der Waals surface area contributed by atoms with Crippen LogP contribution in [0.25, 0.3) is 0 Å². The van der Waals surface area contributed by atoms with E-state index in [2.05, 4.69) is 0 Å². The first-order chi connectivity index (χ1) is 14.8. The molecule has 4 rings (SSSR count). The molecule has 1 saturated heterocycles. The molecule has 0 bridgehead atoms. The van der Waals surface area contributed by atoms with Gasteiger partial charge in [-0.15, -0.1) is 0 Å². The summed E-state index contributed by atoms with van der Waals surface area (Å²) in [7, 11) is 0. The van der Waals surface area contributed by atoms with Gasteiger partial charge in [0.25, 0.3) is 0 Å². The Morgan fingerprint density at radius 1 is 1.16 bits per heavy atom. The highest BCUT2D eigenvalue weighted by Crippen LogP contribution is 2.44. The molecule has 1 unspecified atom stereocenters. The molecule has 2 aromatic rings. The highest BCUT2D eigenvalue weighted by Gasteiger charge is 2.53. The van der Waals surface area contributed by atoms with E-state index < -0.39 is 17.5 Å². The number of hydrogen-bond donors (Lipinski definition) is 2. The van der Waals surface area contributed by atoms with Crippen LogP contribution < -0.4 is 4.74 Å². The maximum Gasteiger partial charge on any atom is 0.171 e. The topological polar surface area (TPSA) is 68.2 Å². The Balaban J connectivity index is 1.46. The molecule has 1 aliphatic carbocycles. The first-order valence-electron chi connectivity index (χ1n) is 11.0. The molecule has 0 amide bonds. The molecule has 2 fully saturated rings. The van der Waals surface area contributed by atoms with Gasteiger partial charge in [-0.25, -0.2) is 4.39 Å². The summed E-state index contributed by atoms with van der Waals surface area (Å²) in [6.07, 6.45) is 0.343. The number of aryl methyl sites for hydroxylation is 1. The number of halogens is 1. The minimum atomic E-state index is -1.33. The maximum absolute atomic E-state index is 14.7. The molecule has 1 aliphatic heterocycles. The maximum atomic E-state index is 14.7. The Morgan fingerprint density at radius 3 is 2.55 bits per heavy atom. The molecule has 1 spiro atoms. The fraction of sp³-hybridized carbons (Fsp3) is 0.520. The Hall–Kier alpha value is -1.99. The van der Waals surface area contributed by atoms with Crippen LogP contribution in [0.1, 0.15) is 42.9 Å². The molecule has 3 atom stereocenters. The third-order valence-electron chi connectivity index (χ3n) is 6.76. The minimum absolute atomic E-state index is 0.218. The van der Waals surface area contributed by atoms with E-state index in [0.29, 0.717) is 44.0 Å². The molecule has 168 valence electrons. The van der Waals surface area contributed by atoms with Crippen LogP contribution in [-0.4, -0.2) is 40.9 Å². The monoisotopic (exact) mass is 430 g/mol. The zero-order valence-electron chi connectivity index (χ0n) is 18.1. The zero-order chi connectivity index (χ0) is 22.1. The van der Waals surface area contributed by atoms with Gasteiger partial charge in [-0.05, 0) is 54.5 Å². The number of rotatable bonds is 6. The fourth-order valence-electron chi connectivity index (χ4n) is 4.71. The summed E-state index contributed by atoms with van der Waals surface area (Å²) in [5.41, 5.74) is 0.892. The summed E-state index contributed by atoms with van der Waals surface area (Å²) in [4.78, 5) is 0. The highest BCUT2D eigenvalue weighted by molar-refractivity contribution is 5.38. The molecule has 0 radical (unpaired) electrons. The van der Waals surface area contributed by atoms with Gasteiger partial charge in [0.1, 0.15) is 18.2 Å². The van der Waals surface area contributed by atoms with Crippen LogP contribution in [0.4, 0.5) is 4.39 Å². The number of aliphatic hydroxyl groups is 2. The molecular weight excluding hydrogens is 399 g/mol. The Bertz CT molecular complexity index is 896. The van der Waals surface area contributed by atoms with Crippen LogP contribution in [-0.2, 0) is 22.5 Å². The van der Waals surface area contributed by atoms with Crippen molar-refractivity contribution in [2.45, 2.75) is 63.6 Å². The summed E-state index contributed by atoms with van der Waals surface area (Å²) in [5, 5.41) is 22.0. The molecule has 2 aromatic carbocycles. The molecule has 5 nitrogen and oxygen atoms in total. The third-order valence-corrected chi connectivity index (χ3v) is 6.76. The van der Waals surface area contributed by atoms with Crippen molar-refractivity contribution in [3.63, 3.8) is 0 Å². The van der Waals surface area contributed by atoms with Crippen molar-refractivity contribution in [2.24, 2.45) is 5.92 Å². The van der Waals surface area contributed by atoms with Crippen molar-refractivity contribution in [1.82, 2.24) is 0 Å². The van der Waals surface area contributed by atoms with Gasteiger partial charge < -0.3 is 24.4 Å². The van der Waals surface area contributed by atoms with Gasteiger partial charge in [0, 0.05) is 12.8 Å². The zero-order valence-corrected chi connectivity index (χ0v) is 18.1. The normalized spacial score (nSPS) is 26.2. The average molecular weight is 431 g/mol. The van der Waals surface area contributed by atoms with Crippen LogP contribution in [0.15, 0.2) is 42.5 Å². The van der Waals surface area contributed by atoms with Crippen LogP contribution in [0.5, 0.6) is 5.75 Å². The summed E-state index contributed by atoms with van der Waals surface area (Å²) in [6.45, 7) is 5.06. The molecule has 1 heterocycles. The summed E-state index contributed by atoms with van der Waals surface area (Å²) in [6, 6.07) is 13.0. The van der Waals surface area contributed by atoms with Gasteiger partial charge >= 0.3 is 0 Å². The van der Waals surface area contributed by atoms with E-state index in [1.165, 1.54) is 6.07 Å². The van der Waals surface area contributed by atoms with Crippen LogP contribution in [0, 0.1) is 18.7 Å². The first-order valence-corrected chi connectivity index (χ1v) is 11.0. The Labute approximate surface area is 182 Å². The second-order valence-electron chi connectivity index (χ2n) is 8.91. The molecular formula is C25H31FO5. The van der Waals surface area contributed by atoms with Crippen molar-refractivity contribution in [3.8, 4) is 5.75 Å². The van der Waals surface area contributed by atoms with Crippen LogP contribution in [0.2, 0.25) is 0 Å². The number of ether oxygens (including phenoxy) is 3. The molecule has 6 heteroatoms. The molecule has 31 heavy (non-hydrogen) atoms. The second-order valence-corrected chi connectivity index (χ2v) is 8.91. The average Bonchev–Trinajstić information content (AvgIpc) is 3.21. The van der Waals surface area contributed by atoms with Gasteiger partial charge in [0.05, 0.1) is 24.9 Å². The lowest BCUT2D eigenvalue weighted by atomic mass is 9.70.